The number of nitrogens with zero attached hydrogens (tertiary/aromatic N) is 1. The van der Waals surface area contributed by atoms with Crippen molar-refractivity contribution < 1.29 is 14.3 Å². The molecule has 0 N–H and O–H groups in total. The van der Waals surface area contributed by atoms with Gasteiger partial charge in [-0.1, -0.05) is 19.1 Å². The van der Waals surface area contributed by atoms with Crippen LogP contribution in [0.4, 0.5) is 0 Å². The topological polar surface area (TPSA) is 38.8 Å². The van der Waals surface area contributed by atoms with E-state index in [1.807, 2.05) is 35.2 Å². The maximum Gasteiger partial charge on any atom is 0.246 e. The molecule has 4 heteroatoms. The smallest absolute Gasteiger partial charge is 0.246 e. The fraction of sp³-hybridized carbons (Fsp3) is 0.471. The first-order valence-corrected chi connectivity index (χ1v) is 7.38. The minimum atomic E-state index is 0.0984. The largest absolute Gasteiger partial charge is 0.468 e. The van der Waals surface area contributed by atoms with Crippen LogP contribution in [0.3, 0.4) is 0 Å². The van der Waals surface area contributed by atoms with Crippen molar-refractivity contribution in [1.82, 2.24) is 4.90 Å². The van der Waals surface area contributed by atoms with Gasteiger partial charge < -0.3 is 14.4 Å². The minimum Gasteiger partial charge on any atom is -0.468 e. The van der Waals surface area contributed by atoms with Gasteiger partial charge in [0.1, 0.15) is 5.75 Å². The Morgan fingerprint density at radius 2 is 2.14 bits per heavy atom. The van der Waals surface area contributed by atoms with Gasteiger partial charge in [-0.05, 0) is 42.5 Å². The molecular formula is C17H23NO3. The summed E-state index contributed by atoms with van der Waals surface area (Å²) in [5.41, 5.74) is 0.984. The Hall–Kier alpha value is -1.81. The quantitative estimate of drug-likeness (QED) is 0.618. The van der Waals surface area contributed by atoms with E-state index in [2.05, 4.69) is 6.92 Å². The van der Waals surface area contributed by atoms with Crippen molar-refractivity contribution in [3.63, 3.8) is 0 Å². The first kappa shape index (κ1) is 15.6. The van der Waals surface area contributed by atoms with Crippen molar-refractivity contribution in [3.8, 4) is 5.75 Å². The molecule has 1 unspecified atom stereocenters. The second-order valence-corrected chi connectivity index (χ2v) is 5.48. The van der Waals surface area contributed by atoms with Crippen LogP contribution in [0.15, 0.2) is 30.3 Å². The third-order valence-electron chi connectivity index (χ3n) is 3.61. The molecule has 1 aliphatic heterocycles. The maximum absolute atomic E-state index is 12.1. The molecule has 1 fully saturated rings. The number of amides is 1. The lowest BCUT2D eigenvalue weighted by Crippen LogP contribution is -2.38. The summed E-state index contributed by atoms with van der Waals surface area (Å²) in [4.78, 5) is 14.1. The van der Waals surface area contributed by atoms with E-state index >= 15 is 0 Å². The lowest BCUT2D eigenvalue weighted by molar-refractivity contribution is -0.127. The van der Waals surface area contributed by atoms with Gasteiger partial charge in [0.2, 0.25) is 5.91 Å². The molecule has 0 aliphatic carbocycles. The second kappa shape index (κ2) is 7.84. The van der Waals surface area contributed by atoms with Crippen LogP contribution in [0, 0.1) is 5.92 Å². The van der Waals surface area contributed by atoms with Crippen LogP contribution in [0.1, 0.15) is 25.3 Å². The number of carbonyl (C=O) groups excluding carboxylic acids is 1. The third-order valence-corrected chi connectivity index (χ3v) is 3.61. The summed E-state index contributed by atoms with van der Waals surface area (Å²) in [5.74, 6) is 1.46. The van der Waals surface area contributed by atoms with Crippen molar-refractivity contribution >= 4 is 12.0 Å². The van der Waals surface area contributed by atoms with E-state index < -0.39 is 0 Å². The van der Waals surface area contributed by atoms with Crippen LogP contribution in [-0.2, 0) is 9.53 Å². The fourth-order valence-electron chi connectivity index (χ4n) is 2.46. The Labute approximate surface area is 126 Å². The van der Waals surface area contributed by atoms with E-state index in [4.69, 9.17) is 9.47 Å². The van der Waals surface area contributed by atoms with Gasteiger partial charge in [0, 0.05) is 26.3 Å². The molecule has 1 saturated heterocycles. The molecule has 4 nitrogen and oxygen atoms in total. The first-order chi connectivity index (χ1) is 10.2. The van der Waals surface area contributed by atoms with Crippen molar-refractivity contribution in [2.45, 2.75) is 19.8 Å². The number of carbonyl (C=O) groups is 1. The van der Waals surface area contributed by atoms with E-state index in [9.17, 15) is 4.79 Å². The molecule has 1 aromatic rings. The van der Waals surface area contributed by atoms with Crippen LogP contribution in [0.25, 0.3) is 6.08 Å². The second-order valence-electron chi connectivity index (χ2n) is 5.48. The monoisotopic (exact) mass is 289 g/mol. The van der Waals surface area contributed by atoms with E-state index in [-0.39, 0.29) is 12.7 Å². The number of hydrogen-bond acceptors (Lipinski definition) is 3. The Kier molecular flexibility index (Phi) is 5.81. The predicted molar refractivity (Wildman–Crippen MR) is 83.0 cm³/mol. The number of methoxy groups -OCH3 is 1. The standard InChI is InChI=1S/C17H23NO3/c1-14-4-3-11-18(12-14)17(19)10-7-15-5-8-16(9-6-15)21-13-20-2/h5-10,14H,3-4,11-13H2,1-2H3/b10-7+. The summed E-state index contributed by atoms with van der Waals surface area (Å²) in [5, 5.41) is 0. The SMILES string of the molecule is COCOc1ccc(/C=C/C(=O)N2CCCC(C)C2)cc1. The zero-order valence-corrected chi connectivity index (χ0v) is 12.7. The van der Waals surface area contributed by atoms with Gasteiger partial charge in [-0.15, -0.1) is 0 Å². The summed E-state index contributed by atoms with van der Waals surface area (Å²) in [6.07, 6.45) is 5.83. The normalized spacial score (nSPS) is 19.0. The molecule has 0 bridgehead atoms. The minimum absolute atomic E-state index is 0.0984. The van der Waals surface area contributed by atoms with Crippen LogP contribution in [0.2, 0.25) is 0 Å². The van der Waals surface area contributed by atoms with Crippen LogP contribution in [-0.4, -0.2) is 37.8 Å². The highest BCUT2D eigenvalue weighted by atomic mass is 16.7. The molecule has 1 amide bonds. The van der Waals surface area contributed by atoms with Crippen molar-refractivity contribution in [1.29, 1.82) is 0 Å². The molecule has 0 radical (unpaired) electrons. The Bertz CT molecular complexity index is 481. The van der Waals surface area contributed by atoms with Gasteiger partial charge >= 0.3 is 0 Å². The van der Waals surface area contributed by atoms with Crippen molar-refractivity contribution in [3.05, 3.63) is 35.9 Å². The van der Waals surface area contributed by atoms with Gasteiger partial charge in [0.25, 0.3) is 0 Å². The van der Waals surface area contributed by atoms with Gasteiger partial charge in [-0.3, -0.25) is 4.79 Å². The Morgan fingerprint density at radius 3 is 2.81 bits per heavy atom. The maximum atomic E-state index is 12.1. The molecule has 21 heavy (non-hydrogen) atoms. The zero-order valence-electron chi connectivity index (χ0n) is 12.7. The van der Waals surface area contributed by atoms with Crippen molar-refractivity contribution in [2.24, 2.45) is 5.92 Å². The summed E-state index contributed by atoms with van der Waals surface area (Å²) in [6, 6.07) is 7.58. The lowest BCUT2D eigenvalue weighted by Gasteiger charge is -2.30. The Balaban J connectivity index is 1.89. The zero-order chi connectivity index (χ0) is 15.1. The predicted octanol–water partition coefficient (Wildman–Crippen LogP) is 2.94. The summed E-state index contributed by atoms with van der Waals surface area (Å²) in [7, 11) is 1.59. The molecule has 0 spiro atoms. The molecule has 0 saturated carbocycles. The average molecular weight is 289 g/mol. The number of piperidine rings is 1. The van der Waals surface area contributed by atoms with Gasteiger partial charge in [-0.25, -0.2) is 0 Å². The number of ether oxygens (including phenoxy) is 2. The van der Waals surface area contributed by atoms with E-state index in [1.54, 1.807) is 13.2 Å². The van der Waals surface area contributed by atoms with Crippen LogP contribution in [0.5, 0.6) is 5.75 Å². The van der Waals surface area contributed by atoms with Crippen LogP contribution >= 0.6 is 0 Å². The molecule has 114 valence electrons. The molecular weight excluding hydrogens is 266 g/mol. The number of hydrogen-bond donors (Lipinski definition) is 0. The highest BCUT2D eigenvalue weighted by molar-refractivity contribution is 5.91. The molecule has 2 rings (SSSR count). The highest BCUT2D eigenvalue weighted by Crippen LogP contribution is 2.17. The lowest BCUT2D eigenvalue weighted by atomic mass is 10.0. The van der Waals surface area contributed by atoms with E-state index in [1.165, 1.54) is 6.42 Å². The number of likely N-dealkylation sites (tertiary alicyclic amines) is 1. The summed E-state index contributed by atoms with van der Waals surface area (Å²) in [6.45, 7) is 4.17. The molecule has 1 heterocycles. The fourth-order valence-corrected chi connectivity index (χ4v) is 2.46. The third kappa shape index (κ3) is 4.90. The first-order valence-electron chi connectivity index (χ1n) is 7.38. The van der Waals surface area contributed by atoms with Crippen molar-refractivity contribution in [2.75, 3.05) is 27.0 Å². The van der Waals surface area contributed by atoms with E-state index in [0.717, 1.165) is 30.8 Å². The summed E-state index contributed by atoms with van der Waals surface area (Å²) >= 11 is 0. The number of benzene rings is 1. The molecule has 1 aliphatic rings. The van der Waals surface area contributed by atoms with Gasteiger partial charge in [0.15, 0.2) is 6.79 Å². The average Bonchev–Trinajstić information content (AvgIpc) is 2.51. The van der Waals surface area contributed by atoms with Crippen LogP contribution < -0.4 is 4.74 Å². The van der Waals surface area contributed by atoms with Gasteiger partial charge in [-0.2, -0.15) is 0 Å². The molecule has 0 aromatic heterocycles. The molecule has 1 aromatic carbocycles. The van der Waals surface area contributed by atoms with E-state index in [0.29, 0.717) is 5.92 Å². The molecule has 1 atom stereocenters. The number of rotatable bonds is 5. The highest BCUT2D eigenvalue weighted by Gasteiger charge is 2.18. The Morgan fingerprint density at radius 1 is 1.38 bits per heavy atom. The van der Waals surface area contributed by atoms with Gasteiger partial charge in [0.05, 0.1) is 0 Å². The summed E-state index contributed by atoms with van der Waals surface area (Å²) < 4.78 is 10.2.